The molecule has 1 aromatic carbocycles. The summed E-state index contributed by atoms with van der Waals surface area (Å²) in [7, 11) is 0. The number of aryl methyl sites for hydroxylation is 1. The lowest BCUT2D eigenvalue weighted by atomic mass is 9.98. The van der Waals surface area contributed by atoms with Crippen molar-refractivity contribution >= 4 is 11.9 Å². The summed E-state index contributed by atoms with van der Waals surface area (Å²) in [6.45, 7) is 7.78. The predicted molar refractivity (Wildman–Crippen MR) is 80.5 cm³/mol. The van der Waals surface area contributed by atoms with Crippen LogP contribution < -0.4 is 4.74 Å². The van der Waals surface area contributed by atoms with E-state index in [0.29, 0.717) is 18.8 Å². The minimum absolute atomic E-state index is 0.125. The van der Waals surface area contributed by atoms with Crippen molar-refractivity contribution in [3.8, 4) is 5.75 Å². The van der Waals surface area contributed by atoms with Gasteiger partial charge in [-0.25, -0.2) is 0 Å². The second-order valence-corrected chi connectivity index (χ2v) is 6.13. The summed E-state index contributed by atoms with van der Waals surface area (Å²) >= 11 is 0. The first-order valence-corrected chi connectivity index (χ1v) is 7.41. The second-order valence-electron chi connectivity index (χ2n) is 6.13. The van der Waals surface area contributed by atoms with E-state index in [1.165, 1.54) is 6.92 Å². The molecule has 1 aliphatic heterocycles. The number of carbonyl (C=O) groups excluding carboxylic acids is 2. The van der Waals surface area contributed by atoms with Gasteiger partial charge in [-0.05, 0) is 24.5 Å². The van der Waals surface area contributed by atoms with Crippen molar-refractivity contribution in [3.63, 3.8) is 0 Å². The first-order chi connectivity index (χ1) is 10.3. The quantitative estimate of drug-likeness (QED) is 0.459. The number of benzene rings is 1. The van der Waals surface area contributed by atoms with E-state index >= 15 is 0 Å². The predicted octanol–water partition coefficient (Wildman–Crippen LogP) is 2.74. The average molecular weight is 306 g/mol. The van der Waals surface area contributed by atoms with Gasteiger partial charge in [-0.15, -0.1) is 0 Å². The molecule has 0 amide bonds. The minimum Gasteiger partial charge on any atom is -0.462 e. The molecule has 1 saturated heterocycles. The molecule has 0 bridgehead atoms. The van der Waals surface area contributed by atoms with Gasteiger partial charge in [0, 0.05) is 18.9 Å². The monoisotopic (exact) mass is 306 g/mol. The van der Waals surface area contributed by atoms with Crippen LogP contribution in [0.5, 0.6) is 5.75 Å². The van der Waals surface area contributed by atoms with Gasteiger partial charge in [0.25, 0.3) is 0 Å². The van der Waals surface area contributed by atoms with Gasteiger partial charge in [-0.3, -0.25) is 9.59 Å². The van der Waals surface area contributed by atoms with Crippen LogP contribution in [0.15, 0.2) is 18.2 Å². The van der Waals surface area contributed by atoms with E-state index in [2.05, 4.69) is 0 Å². The van der Waals surface area contributed by atoms with Crippen LogP contribution in [-0.4, -0.2) is 25.2 Å². The zero-order valence-electron chi connectivity index (χ0n) is 13.5. The van der Waals surface area contributed by atoms with E-state index in [-0.39, 0.29) is 24.5 Å². The van der Waals surface area contributed by atoms with Crippen molar-refractivity contribution in [2.24, 2.45) is 5.92 Å². The molecular formula is C17H22O5. The third-order valence-corrected chi connectivity index (χ3v) is 3.43. The Balaban J connectivity index is 2.21. The Kier molecular flexibility index (Phi) is 4.86. The molecule has 1 atom stereocenters. The van der Waals surface area contributed by atoms with Gasteiger partial charge in [-0.1, -0.05) is 26.0 Å². The van der Waals surface area contributed by atoms with E-state index in [1.807, 2.05) is 39.0 Å². The Labute approximate surface area is 130 Å². The first-order valence-electron chi connectivity index (χ1n) is 7.41. The molecule has 0 N–H and O–H groups in total. The van der Waals surface area contributed by atoms with Gasteiger partial charge in [-0.2, -0.15) is 0 Å². The van der Waals surface area contributed by atoms with Crippen LogP contribution >= 0.6 is 0 Å². The Morgan fingerprint density at radius 2 is 2.05 bits per heavy atom. The topological polar surface area (TPSA) is 65.1 Å². The molecule has 2 rings (SSSR count). The Bertz CT molecular complexity index is 572. The fourth-order valence-corrected chi connectivity index (χ4v) is 2.21. The average Bonchev–Trinajstić information content (AvgIpc) is 3.16. The van der Waals surface area contributed by atoms with Crippen LogP contribution in [0, 0.1) is 12.8 Å². The molecule has 22 heavy (non-hydrogen) atoms. The number of carbonyl (C=O) groups is 2. The summed E-state index contributed by atoms with van der Waals surface area (Å²) in [6, 6.07) is 5.60. The third kappa shape index (κ3) is 4.07. The summed E-state index contributed by atoms with van der Waals surface area (Å²) in [5.41, 5.74) is 1.04. The van der Waals surface area contributed by atoms with Crippen LogP contribution in [-0.2, 0) is 24.7 Å². The van der Waals surface area contributed by atoms with E-state index in [9.17, 15) is 9.59 Å². The fourth-order valence-electron chi connectivity index (χ4n) is 2.21. The van der Waals surface area contributed by atoms with Crippen molar-refractivity contribution in [1.29, 1.82) is 0 Å². The summed E-state index contributed by atoms with van der Waals surface area (Å²) < 4.78 is 16.1. The maximum absolute atomic E-state index is 12.0. The molecule has 1 fully saturated rings. The molecule has 1 aromatic rings. The van der Waals surface area contributed by atoms with Gasteiger partial charge in [0.15, 0.2) is 5.60 Å². The molecule has 0 saturated carbocycles. The van der Waals surface area contributed by atoms with Crippen LogP contribution in [0.25, 0.3) is 0 Å². The molecule has 5 nitrogen and oxygen atoms in total. The van der Waals surface area contributed by atoms with Crippen molar-refractivity contribution < 1.29 is 23.8 Å². The van der Waals surface area contributed by atoms with Crippen molar-refractivity contribution in [2.45, 2.75) is 39.7 Å². The highest BCUT2D eigenvalue weighted by molar-refractivity contribution is 5.73. The second kappa shape index (κ2) is 6.48. The molecule has 0 radical (unpaired) electrons. The number of hydrogen-bond acceptors (Lipinski definition) is 5. The summed E-state index contributed by atoms with van der Waals surface area (Å²) in [6.07, 6.45) is 0.352. The van der Waals surface area contributed by atoms with E-state index < -0.39 is 5.60 Å². The molecular weight excluding hydrogens is 284 g/mol. The zero-order chi connectivity index (χ0) is 16.3. The maximum atomic E-state index is 12.0. The molecule has 1 aliphatic rings. The van der Waals surface area contributed by atoms with E-state index in [0.717, 1.165) is 11.1 Å². The van der Waals surface area contributed by atoms with Gasteiger partial charge in [0.05, 0.1) is 6.61 Å². The lowest BCUT2D eigenvalue weighted by Gasteiger charge is -2.17. The lowest BCUT2D eigenvalue weighted by Crippen LogP contribution is -2.21. The van der Waals surface area contributed by atoms with Crippen LogP contribution in [0.1, 0.15) is 38.3 Å². The lowest BCUT2D eigenvalue weighted by molar-refractivity contribution is -0.143. The Hall–Kier alpha value is -1.88. The third-order valence-electron chi connectivity index (χ3n) is 3.43. The molecule has 0 unspecified atom stereocenters. The van der Waals surface area contributed by atoms with Gasteiger partial charge < -0.3 is 14.2 Å². The summed E-state index contributed by atoms with van der Waals surface area (Å²) in [5, 5.41) is 0. The molecule has 120 valence electrons. The highest BCUT2D eigenvalue weighted by Crippen LogP contribution is 2.44. The van der Waals surface area contributed by atoms with Crippen LogP contribution in [0.4, 0.5) is 0 Å². The first kappa shape index (κ1) is 16.5. The Morgan fingerprint density at radius 1 is 1.36 bits per heavy atom. The number of esters is 2. The number of hydrogen-bond donors (Lipinski definition) is 0. The molecule has 0 aliphatic carbocycles. The largest absolute Gasteiger partial charge is 0.462 e. The van der Waals surface area contributed by atoms with Crippen molar-refractivity contribution in [3.05, 3.63) is 29.3 Å². The van der Waals surface area contributed by atoms with E-state index in [4.69, 9.17) is 14.2 Å². The van der Waals surface area contributed by atoms with Crippen LogP contribution in [0.3, 0.4) is 0 Å². The SMILES string of the molecule is CC(=O)OC[C@@]1(c2ccc(C)cc2OC(=O)CC(C)C)CO1. The minimum atomic E-state index is -0.688. The molecule has 5 heteroatoms. The number of ether oxygens (including phenoxy) is 3. The van der Waals surface area contributed by atoms with E-state index in [1.54, 1.807) is 0 Å². The molecule has 0 spiro atoms. The van der Waals surface area contributed by atoms with Gasteiger partial charge >= 0.3 is 11.9 Å². The van der Waals surface area contributed by atoms with Crippen molar-refractivity contribution in [1.82, 2.24) is 0 Å². The summed E-state index contributed by atoms with van der Waals surface area (Å²) in [5.74, 6) is 0.0775. The zero-order valence-corrected chi connectivity index (χ0v) is 13.5. The number of epoxide rings is 1. The van der Waals surface area contributed by atoms with Crippen molar-refractivity contribution in [2.75, 3.05) is 13.2 Å². The maximum Gasteiger partial charge on any atom is 0.311 e. The van der Waals surface area contributed by atoms with Gasteiger partial charge in [0.2, 0.25) is 0 Å². The van der Waals surface area contributed by atoms with Crippen LogP contribution in [0.2, 0.25) is 0 Å². The summed E-state index contributed by atoms with van der Waals surface area (Å²) in [4.78, 5) is 23.0. The fraction of sp³-hybridized carbons (Fsp3) is 0.529. The Morgan fingerprint density at radius 3 is 2.59 bits per heavy atom. The molecule has 1 heterocycles. The highest BCUT2D eigenvalue weighted by Gasteiger charge is 2.50. The van der Waals surface area contributed by atoms with Gasteiger partial charge in [0.1, 0.15) is 12.4 Å². The number of rotatable bonds is 6. The standard InChI is InChI=1S/C17H22O5/c1-11(2)7-16(19)22-15-8-12(3)5-6-14(15)17(10-21-17)9-20-13(4)18/h5-6,8,11H,7,9-10H2,1-4H3/t17-/m0/s1. The smallest absolute Gasteiger partial charge is 0.311 e. The highest BCUT2D eigenvalue weighted by atomic mass is 16.6. The molecule has 0 aromatic heterocycles. The normalized spacial score (nSPS) is 19.9.